The molecule has 1 fully saturated rings. The van der Waals surface area contributed by atoms with E-state index in [1.165, 1.54) is 16.8 Å². The van der Waals surface area contributed by atoms with Crippen LogP contribution in [0.4, 0.5) is 0 Å². The first kappa shape index (κ1) is 28.0. The Morgan fingerprint density at radius 1 is 1.09 bits per heavy atom. The Balaban J connectivity index is 2.48. The highest BCUT2D eigenvalue weighted by molar-refractivity contribution is 6.74. The minimum absolute atomic E-state index is 0.0119. The predicted molar refractivity (Wildman–Crippen MR) is 139 cm³/mol. The van der Waals surface area contributed by atoms with Gasteiger partial charge >= 0.3 is 5.69 Å². The predicted octanol–water partition coefficient (Wildman–Crippen LogP) is 5.04. The molecule has 1 aromatic rings. The molecule has 7 nitrogen and oxygen atoms in total. The number of rotatable bonds is 8. The lowest BCUT2D eigenvalue weighted by atomic mass is 9.94. The van der Waals surface area contributed by atoms with Crippen molar-refractivity contribution in [2.75, 3.05) is 6.61 Å². The molecule has 1 aliphatic rings. The zero-order valence-electron chi connectivity index (χ0n) is 22.2. The van der Waals surface area contributed by atoms with E-state index in [4.69, 9.17) is 13.6 Å². The Morgan fingerprint density at radius 2 is 1.67 bits per heavy atom. The van der Waals surface area contributed by atoms with Crippen LogP contribution in [0.15, 0.2) is 34.5 Å². The highest BCUT2D eigenvalue weighted by Gasteiger charge is 2.51. The van der Waals surface area contributed by atoms with Gasteiger partial charge in [-0.15, -0.1) is 6.58 Å². The Morgan fingerprint density at radius 3 is 2.15 bits per heavy atom. The standard InChI is InChI=1S/C24H44N2O5Si2/c1-12-13-17-18(16-29-32(8,9)23(2,3)4)30-21(26-15-14-19(27)25-22(26)28)20(17)31-33(10,11)24(5,6)7/h12,14-15,17-18,20-21H,1,13,16H2,2-11H3,(H,25,27,28). The van der Waals surface area contributed by atoms with E-state index in [0.717, 1.165) is 0 Å². The molecule has 9 heteroatoms. The van der Waals surface area contributed by atoms with Gasteiger partial charge in [-0.05, 0) is 42.7 Å². The number of hydrogen-bond donors (Lipinski definition) is 1. The first-order chi connectivity index (χ1) is 14.9. The van der Waals surface area contributed by atoms with Crippen LogP contribution in [-0.4, -0.2) is 45.0 Å². The molecule has 4 atom stereocenters. The Hall–Kier alpha value is -1.27. The van der Waals surface area contributed by atoms with Crippen LogP contribution in [0.25, 0.3) is 0 Å². The smallest absolute Gasteiger partial charge is 0.330 e. The molecule has 2 rings (SSSR count). The quantitative estimate of drug-likeness (QED) is 0.403. The summed E-state index contributed by atoms with van der Waals surface area (Å²) in [6.07, 6.45) is 2.79. The molecule has 33 heavy (non-hydrogen) atoms. The van der Waals surface area contributed by atoms with Crippen LogP contribution >= 0.6 is 0 Å². The molecule has 4 unspecified atom stereocenters. The topological polar surface area (TPSA) is 82.5 Å². The van der Waals surface area contributed by atoms with Crippen LogP contribution in [-0.2, 0) is 13.6 Å². The van der Waals surface area contributed by atoms with Crippen LogP contribution in [0.2, 0.25) is 36.3 Å². The molecule has 0 amide bonds. The van der Waals surface area contributed by atoms with E-state index in [1.54, 1.807) is 0 Å². The molecule has 1 N–H and O–H groups in total. The molecule has 1 aliphatic heterocycles. The van der Waals surface area contributed by atoms with E-state index in [0.29, 0.717) is 13.0 Å². The highest BCUT2D eigenvalue weighted by Crippen LogP contribution is 2.45. The highest BCUT2D eigenvalue weighted by atomic mass is 28.4. The zero-order valence-corrected chi connectivity index (χ0v) is 24.2. The van der Waals surface area contributed by atoms with Crippen LogP contribution in [0.3, 0.4) is 0 Å². The number of allylic oxidation sites excluding steroid dienone is 1. The van der Waals surface area contributed by atoms with Gasteiger partial charge in [0, 0.05) is 18.2 Å². The summed E-state index contributed by atoms with van der Waals surface area (Å²) in [7, 11) is -4.19. The number of hydrogen-bond acceptors (Lipinski definition) is 5. The molecule has 0 radical (unpaired) electrons. The van der Waals surface area contributed by atoms with Crippen molar-refractivity contribution in [3.05, 3.63) is 45.8 Å². The van der Waals surface area contributed by atoms with Crippen molar-refractivity contribution in [1.29, 1.82) is 0 Å². The van der Waals surface area contributed by atoms with E-state index < -0.39 is 34.1 Å². The largest absolute Gasteiger partial charge is 0.414 e. The van der Waals surface area contributed by atoms with Gasteiger partial charge in [-0.3, -0.25) is 14.3 Å². The lowest BCUT2D eigenvalue weighted by molar-refractivity contribution is -0.0494. The summed E-state index contributed by atoms with van der Waals surface area (Å²) in [5, 5.41) is 0.0633. The first-order valence-corrected chi connectivity index (χ1v) is 17.6. The first-order valence-electron chi connectivity index (χ1n) is 11.8. The molecular formula is C24H44N2O5Si2. The number of nitrogens with one attached hydrogen (secondary N) is 1. The van der Waals surface area contributed by atoms with Crippen LogP contribution in [0.5, 0.6) is 0 Å². The second kappa shape index (κ2) is 9.77. The summed E-state index contributed by atoms with van der Waals surface area (Å²) in [6, 6.07) is 1.34. The summed E-state index contributed by atoms with van der Waals surface area (Å²) in [6.45, 7) is 26.4. The third kappa shape index (κ3) is 6.25. The maximum Gasteiger partial charge on any atom is 0.330 e. The molecule has 1 saturated heterocycles. The molecule has 0 saturated carbocycles. The number of nitrogens with zero attached hydrogens (tertiary/aromatic N) is 1. The van der Waals surface area contributed by atoms with Gasteiger partial charge in [0.25, 0.3) is 5.56 Å². The van der Waals surface area contributed by atoms with Crippen molar-refractivity contribution in [2.45, 2.75) is 103 Å². The van der Waals surface area contributed by atoms with E-state index in [9.17, 15) is 9.59 Å². The Labute approximate surface area is 200 Å². The van der Waals surface area contributed by atoms with Crippen molar-refractivity contribution in [3.8, 4) is 0 Å². The minimum Gasteiger partial charge on any atom is -0.414 e. The number of aromatic amines is 1. The van der Waals surface area contributed by atoms with Crippen molar-refractivity contribution >= 4 is 16.6 Å². The average molecular weight is 497 g/mol. The lowest BCUT2D eigenvalue weighted by Crippen LogP contribution is -2.48. The monoisotopic (exact) mass is 496 g/mol. The van der Waals surface area contributed by atoms with Crippen LogP contribution < -0.4 is 11.2 Å². The van der Waals surface area contributed by atoms with Gasteiger partial charge in [-0.25, -0.2) is 4.79 Å². The van der Waals surface area contributed by atoms with Crippen molar-refractivity contribution in [1.82, 2.24) is 9.55 Å². The summed E-state index contributed by atoms with van der Waals surface area (Å²) >= 11 is 0. The van der Waals surface area contributed by atoms with Gasteiger partial charge < -0.3 is 13.6 Å². The fraction of sp³-hybridized carbons (Fsp3) is 0.750. The minimum atomic E-state index is -2.20. The van der Waals surface area contributed by atoms with Gasteiger partial charge in [0.05, 0.1) is 18.8 Å². The molecule has 0 bridgehead atoms. The molecular weight excluding hydrogens is 452 g/mol. The van der Waals surface area contributed by atoms with E-state index in [2.05, 4.69) is 79.3 Å². The molecule has 1 aromatic heterocycles. The fourth-order valence-corrected chi connectivity index (χ4v) is 5.78. The Bertz CT molecular complexity index is 940. The normalized spacial score (nSPS) is 24.8. The maximum absolute atomic E-state index is 12.7. The number of H-pyrrole nitrogens is 1. The van der Waals surface area contributed by atoms with Crippen LogP contribution in [0.1, 0.15) is 54.2 Å². The SMILES string of the molecule is C=CCC1C(CO[Si](C)(C)C(C)(C)C)OC(n2ccc(=O)[nH]c2=O)C1O[Si](C)(C)C(C)(C)C. The van der Waals surface area contributed by atoms with Crippen molar-refractivity contribution < 1.29 is 13.6 Å². The van der Waals surface area contributed by atoms with E-state index >= 15 is 0 Å². The van der Waals surface area contributed by atoms with Gasteiger partial charge in [0.2, 0.25) is 0 Å². The second-order valence-corrected chi connectivity index (χ2v) is 21.8. The second-order valence-electron chi connectivity index (χ2n) is 12.2. The van der Waals surface area contributed by atoms with E-state index in [1.807, 2.05) is 6.08 Å². The molecule has 188 valence electrons. The molecule has 0 aromatic carbocycles. The van der Waals surface area contributed by atoms with Gasteiger partial charge in [-0.1, -0.05) is 47.6 Å². The summed E-state index contributed by atoms with van der Waals surface area (Å²) in [5.41, 5.74) is -0.934. The van der Waals surface area contributed by atoms with Crippen molar-refractivity contribution in [2.24, 2.45) is 5.92 Å². The summed E-state index contributed by atoms with van der Waals surface area (Å²) < 4.78 is 21.4. The number of aromatic nitrogens is 2. The molecule has 2 heterocycles. The zero-order chi connectivity index (χ0) is 25.4. The molecule has 0 spiro atoms. The summed E-state index contributed by atoms with van der Waals surface area (Å²) in [4.78, 5) is 26.7. The average Bonchev–Trinajstić information content (AvgIpc) is 2.95. The van der Waals surface area contributed by atoms with Crippen LogP contribution in [0, 0.1) is 5.92 Å². The number of ether oxygens (including phenoxy) is 1. The molecule has 0 aliphatic carbocycles. The third-order valence-electron chi connectivity index (χ3n) is 7.71. The van der Waals surface area contributed by atoms with Gasteiger partial charge in [0.15, 0.2) is 22.9 Å². The van der Waals surface area contributed by atoms with Crippen molar-refractivity contribution in [3.63, 3.8) is 0 Å². The van der Waals surface area contributed by atoms with E-state index in [-0.39, 0.29) is 28.2 Å². The van der Waals surface area contributed by atoms with Gasteiger partial charge in [0.1, 0.15) is 0 Å². The Kier molecular flexibility index (Phi) is 8.28. The fourth-order valence-electron chi connectivity index (χ4n) is 3.44. The maximum atomic E-state index is 12.7. The summed E-state index contributed by atoms with van der Waals surface area (Å²) in [5.74, 6) is -0.0229. The third-order valence-corrected chi connectivity index (χ3v) is 16.7. The lowest BCUT2D eigenvalue weighted by Gasteiger charge is -2.41. The van der Waals surface area contributed by atoms with Gasteiger partial charge in [-0.2, -0.15) is 0 Å².